The maximum atomic E-state index is 12.5. The quantitative estimate of drug-likeness (QED) is 0.810. The zero-order valence-corrected chi connectivity index (χ0v) is 14.0. The van der Waals surface area contributed by atoms with Gasteiger partial charge in [0.2, 0.25) is 5.91 Å². The molecule has 22 heavy (non-hydrogen) atoms. The van der Waals surface area contributed by atoms with E-state index >= 15 is 0 Å². The Labute approximate surface area is 134 Å². The third kappa shape index (κ3) is 4.23. The summed E-state index contributed by atoms with van der Waals surface area (Å²) in [5, 5.41) is 0. The summed E-state index contributed by atoms with van der Waals surface area (Å²) in [6.07, 6.45) is 2.12. The van der Waals surface area contributed by atoms with Crippen molar-refractivity contribution in [3.8, 4) is 5.75 Å². The molecule has 0 N–H and O–H groups in total. The van der Waals surface area contributed by atoms with E-state index in [2.05, 4.69) is 30.9 Å². The van der Waals surface area contributed by atoms with E-state index in [1.807, 2.05) is 17.0 Å². The van der Waals surface area contributed by atoms with Gasteiger partial charge in [0.05, 0.1) is 13.0 Å². The highest BCUT2D eigenvalue weighted by atomic mass is 16.5. The minimum Gasteiger partial charge on any atom is -0.497 e. The largest absolute Gasteiger partial charge is 0.497 e. The summed E-state index contributed by atoms with van der Waals surface area (Å²) in [4.78, 5) is 16.9. The second-order valence-corrected chi connectivity index (χ2v) is 5.94. The zero-order valence-electron chi connectivity index (χ0n) is 14.0. The summed E-state index contributed by atoms with van der Waals surface area (Å²) in [5.41, 5.74) is 1.25. The van der Waals surface area contributed by atoms with Crippen LogP contribution in [0.2, 0.25) is 0 Å². The van der Waals surface area contributed by atoms with Crippen LogP contribution in [0, 0.1) is 5.92 Å². The van der Waals surface area contributed by atoms with Crippen molar-refractivity contribution < 1.29 is 9.53 Å². The number of piperidine rings is 1. The van der Waals surface area contributed by atoms with Crippen LogP contribution in [0.15, 0.2) is 24.3 Å². The molecular weight excluding hydrogens is 276 g/mol. The van der Waals surface area contributed by atoms with Crippen LogP contribution in [0.3, 0.4) is 0 Å². The Morgan fingerprint density at radius 3 is 2.82 bits per heavy atom. The number of carbonyl (C=O) groups excluding carboxylic acids is 1. The van der Waals surface area contributed by atoms with Crippen molar-refractivity contribution in [2.45, 2.75) is 33.2 Å². The molecule has 1 saturated heterocycles. The number of rotatable bonds is 6. The van der Waals surface area contributed by atoms with Gasteiger partial charge >= 0.3 is 0 Å². The molecule has 1 fully saturated rings. The van der Waals surface area contributed by atoms with Gasteiger partial charge in [-0.15, -0.1) is 0 Å². The lowest BCUT2D eigenvalue weighted by Gasteiger charge is -2.34. The number of ether oxygens (including phenoxy) is 1. The maximum Gasteiger partial charge on any atom is 0.226 e. The second kappa shape index (κ2) is 8.18. The lowest BCUT2D eigenvalue weighted by molar-refractivity contribution is -0.137. The summed E-state index contributed by atoms with van der Waals surface area (Å²) in [7, 11) is 1.69. The van der Waals surface area contributed by atoms with Crippen molar-refractivity contribution in [3.63, 3.8) is 0 Å². The van der Waals surface area contributed by atoms with E-state index in [-0.39, 0.29) is 5.92 Å². The molecule has 1 heterocycles. The van der Waals surface area contributed by atoms with Crippen molar-refractivity contribution in [1.29, 1.82) is 0 Å². The molecule has 0 spiro atoms. The minimum absolute atomic E-state index is 0.152. The Morgan fingerprint density at radius 1 is 1.36 bits per heavy atom. The van der Waals surface area contributed by atoms with E-state index in [1.54, 1.807) is 7.11 Å². The molecule has 0 aromatic heterocycles. The lowest BCUT2D eigenvalue weighted by Crippen LogP contribution is -2.44. The third-order valence-electron chi connectivity index (χ3n) is 4.47. The van der Waals surface area contributed by atoms with E-state index in [1.165, 1.54) is 5.56 Å². The van der Waals surface area contributed by atoms with Crippen LogP contribution in [0.5, 0.6) is 5.75 Å². The first-order valence-electron chi connectivity index (χ1n) is 8.32. The fourth-order valence-corrected chi connectivity index (χ4v) is 3.22. The first kappa shape index (κ1) is 16.8. The molecule has 0 bridgehead atoms. The van der Waals surface area contributed by atoms with Gasteiger partial charge in [0.1, 0.15) is 5.75 Å². The molecule has 122 valence electrons. The van der Waals surface area contributed by atoms with Gasteiger partial charge in [-0.2, -0.15) is 0 Å². The van der Waals surface area contributed by atoms with Gasteiger partial charge in [0, 0.05) is 26.2 Å². The minimum atomic E-state index is 0.152. The topological polar surface area (TPSA) is 32.8 Å². The summed E-state index contributed by atoms with van der Waals surface area (Å²) in [6.45, 7) is 8.55. The van der Waals surface area contributed by atoms with Gasteiger partial charge in [0.15, 0.2) is 0 Å². The molecule has 4 heteroatoms. The molecule has 0 unspecified atom stereocenters. The number of methoxy groups -OCH3 is 1. The van der Waals surface area contributed by atoms with Crippen molar-refractivity contribution in [3.05, 3.63) is 29.8 Å². The van der Waals surface area contributed by atoms with Crippen LogP contribution >= 0.6 is 0 Å². The summed E-state index contributed by atoms with van der Waals surface area (Å²) >= 11 is 0. The number of carbonyl (C=O) groups is 1. The van der Waals surface area contributed by atoms with Gasteiger partial charge in [-0.3, -0.25) is 9.69 Å². The maximum absolute atomic E-state index is 12.5. The van der Waals surface area contributed by atoms with Crippen LogP contribution in [0.4, 0.5) is 0 Å². The molecule has 1 aromatic carbocycles. The molecule has 0 aliphatic carbocycles. The molecular formula is C18H28N2O2. The molecule has 1 atom stereocenters. The normalized spacial score (nSPS) is 19.0. The number of amides is 1. The average molecular weight is 304 g/mol. The Kier molecular flexibility index (Phi) is 6.25. The highest BCUT2D eigenvalue weighted by Gasteiger charge is 2.28. The van der Waals surface area contributed by atoms with Crippen molar-refractivity contribution in [1.82, 2.24) is 9.80 Å². The van der Waals surface area contributed by atoms with E-state index in [0.29, 0.717) is 5.91 Å². The number of benzene rings is 1. The van der Waals surface area contributed by atoms with Crippen LogP contribution < -0.4 is 4.74 Å². The molecule has 1 aliphatic heterocycles. The summed E-state index contributed by atoms with van der Waals surface area (Å²) < 4.78 is 5.28. The monoisotopic (exact) mass is 304 g/mol. The first-order chi connectivity index (χ1) is 10.7. The summed E-state index contributed by atoms with van der Waals surface area (Å²) in [5.74, 6) is 1.37. The highest BCUT2D eigenvalue weighted by molar-refractivity contribution is 5.79. The van der Waals surface area contributed by atoms with Crippen molar-refractivity contribution in [2.24, 2.45) is 5.92 Å². The second-order valence-electron chi connectivity index (χ2n) is 5.94. The number of hydrogen-bond acceptors (Lipinski definition) is 3. The third-order valence-corrected chi connectivity index (χ3v) is 4.47. The molecule has 1 amide bonds. The van der Waals surface area contributed by atoms with Crippen LogP contribution in [0.25, 0.3) is 0 Å². The predicted molar refractivity (Wildman–Crippen MR) is 88.9 cm³/mol. The first-order valence-corrected chi connectivity index (χ1v) is 8.32. The van der Waals surface area contributed by atoms with Gasteiger partial charge in [-0.25, -0.2) is 0 Å². The lowest BCUT2D eigenvalue weighted by atomic mass is 9.96. The fourth-order valence-electron chi connectivity index (χ4n) is 3.22. The fraction of sp³-hybridized carbons (Fsp3) is 0.611. The standard InChI is InChI=1S/C18H28N2O2/c1-4-20(5-2)18(21)16-9-7-11-19(14-16)13-15-8-6-10-17(12-15)22-3/h6,8,10,12,16H,4-5,7,9,11,13-14H2,1-3H3/t16-/m1/s1. The number of likely N-dealkylation sites (tertiary alicyclic amines) is 1. The zero-order chi connectivity index (χ0) is 15.9. The molecule has 0 saturated carbocycles. The molecule has 0 radical (unpaired) electrons. The Hall–Kier alpha value is -1.55. The van der Waals surface area contributed by atoms with Crippen LogP contribution in [0.1, 0.15) is 32.3 Å². The Bertz CT molecular complexity index is 486. The molecule has 2 rings (SSSR count). The summed E-state index contributed by atoms with van der Waals surface area (Å²) in [6, 6.07) is 8.19. The average Bonchev–Trinajstić information content (AvgIpc) is 2.56. The van der Waals surface area contributed by atoms with E-state index in [4.69, 9.17) is 4.74 Å². The van der Waals surface area contributed by atoms with Crippen molar-refractivity contribution >= 4 is 5.91 Å². The van der Waals surface area contributed by atoms with Crippen molar-refractivity contribution in [2.75, 3.05) is 33.3 Å². The number of nitrogens with zero attached hydrogens (tertiary/aromatic N) is 2. The van der Waals surface area contributed by atoms with Crippen LogP contribution in [-0.2, 0) is 11.3 Å². The Morgan fingerprint density at radius 2 is 2.14 bits per heavy atom. The Balaban J connectivity index is 1.96. The van der Waals surface area contributed by atoms with Gasteiger partial charge in [0.25, 0.3) is 0 Å². The molecule has 1 aliphatic rings. The highest BCUT2D eigenvalue weighted by Crippen LogP contribution is 2.22. The van der Waals surface area contributed by atoms with Crippen LogP contribution in [-0.4, -0.2) is 49.0 Å². The van der Waals surface area contributed by atoms with Gasteiger partial charge < -0.3 is 9.64 Å². The number of hydrogen-bond donors (Lipinski definition) is 0. The van der Waals surface area contributed by atoms with Gasteiger partial charge in [-0.05, 0) is 50.9 Å². The predicted octanol–water partition coefficient (Wildman–Crippen LogP) is 2.78. The van der Waals surface area contributed by atoms with E-state index in [9.17, 15) is 4.79 Å². The molecule has 4 nitrogen and oxygen atoms in total. The SMILES string of the molecule is CCN(CC)C(=O)[C@@H]1CCCN(Cc2cccc(OC)c2)C1. The smallest absolute Gasteiger partial charge is 0.226 e. The molecule has 1 aromatic rings. The van der Waals surface area contributed by atoms with E-state index < -0.39 is 0 Å². The van der Waals surface area contributed by atoms with Gasteiger partial charge in [-0.1, -0.05) is 12.1 Å². The van der Waals surface area contributed by atoms with E-state index in [0.717, 1.165) is 51.3 Å².